The monoisotopic (exact) mass is 443 g/mol. The Bertz CT molecular complexity index is 1200. The van der Waals surface area contributed by atoms with Crippen LogP contribution in [0.1, 0.15) is 23.7 Å². The van der Waals surface area contributed by atoms with E-state index in [-0.39, 0.29) is 6.04 Å². The molecule has 0 bridgehead atoms. The average Bonchev–Trinajstić information content (AvgIpc) is 3.38. The number of para-hydroxylation sites is 1. The van der Waals surface area contributed by atoms with Crippen LogP contribution in [0.3, 0.4) is 0 Å². The maximum Gasteiger partial charge on any atom is 0.265 e. The quantitative estimate of drug-likeness (QED) is 0.566. The predicted molar refractivity (Wildman–Crippen MR) is 116 cm³/mol. The first-order valence-corrected chi connectivity index (χ1v) is 11.9. The van der Waals surface area contributed by atoms with Gasteiger partial charge in [-0.25, -0.2) is 8.42 Å². The van der Waals surface area contributed by atoms with E-state index in [4.69, 9.17) is 11.5 Å². The molecule has 2 atom stereocenters. The number of aliphatic imine (C=N–C) groups is 1. The van der Waals surface area contributed by atoms with Crippen LogP contribution < -0.4 is 15.8 Å². The lowest BCUT2D eigenvalue weighted by molar-refractivity contribution is 0.226. The fraction of sp³-hybridized carbons (Fsp3) is 0.263. The Morgan fingerprint density at radius 3 is 2.87 bits per heavy atom. The van der Waals surface area contributed by atoms with Crippen molar-refractivity contribution in [1.82, 2.24) is 15.1 Å². The first-order valence-electron chi connectivity index (χ1n) is 9.51. The van der Waals surface area contributed by atoms with Crippen LogP contribution in [-0.4, -0.2) is 42.1 Å². The number of hydrogen-bond acceptors (Lipinski definition) is 8. The molecule has 4 heterocycles. The van der Waals surface area contributed by atoms with E-state index >= 15 is 0 Å². The fourth-order valence-electron chi connectivity index (χ4n) is 4.16. The number of hydrogen-bond donors (Lipinski definition) is 3. The number of nitrogens with one attached hydrogen (secondary N) is 1. The van der Waals surface area contributed by atoms with E-state index < -0.39 is 16.2 Å². The predicted octanol–water partition coefficient (Wildman–Crippen LogP) is 1.90. The van der Waals surface area contributed by atoms with Crippen LogP contribution in [0.4, 0.5) is 11.5 Å². The third-order valence-corrected chi connectivity index (χ3v) is 8.26. The highest BCUT2D eigenvalue weighted by Gasteiger charge is 2.37. The summed E-state index contributed by atoms with van der Waals surface area (Å²) in [7, 11) is -3.66. The van der Waals surface area contributed by atoms with Crippen LogP contribution in [0.25, 0.3) is 0 Å². The first-order chi connectivity index (χ1) is 14.5. The number of aromatic amines is 1. The minimum absolute atomic E-state index is 0.115. The zero-order chi connectivity index (χ0) is 20.9. The Hall–Kier alpha value is -2.89. The Morgan fingerprint density at radius 2 is 2.07 bits per heavy atom. The minimum Gasteiger partial charge on any atom is -0.369 e. The van der Waals surface area contributed by atoms with E-state index in [1.54, 1.807) is 23.0 Å². The molecule has 2 aliphatic heterocycles. The van der Waals surface area contributed by atoms with Gasteiger partial charge in [0.05, 0.1) is 22.3 Å². The van der Waals surface area contributed by atoms with Crippen molar-refractivity contribution >= 4 is 38.8 Å². The summed E-state index contributed by atoms with van der Waals surface area (Å²) in [6.07, 6.45) is 2.30. The number of nitrogens with zero attached hydrogens (tertiary/aromatic N) is 4. The molecule has 2 unspecified atom stereocenters. The summed E-state index contributed by atoms with van der Waals surface area (Å²) in [5.74, 6) is 0.864. The number of thiophene rings is 1. The van der Waals surface area contributed by atoms with Gasteiger partial charge in [0.15, 0.2) is 11.8 Å². The molecule has 30 heavy (non-hydrogen) atoms. The van der Waals surface area contributed by atoms with Crippen molar-refractivity contribution in [2.45, 2.75) is 29.9 Å². The molecule has 1 aromatic carbocycles. The van der Waals surface area contributed by atoms with E-state index in [0.29, 0.717) is 41.7 Å². The van der Waals surface area contributed by atoms with E-state index in [9.17, 15) is 8.42 Å². The van der Waals surface area contributed by atoms with Crippen molar-refractivity contribution in [2.24, 2.45) is 16.5 Å². The number of benzene rings is 1. The number of H-pyrrole nitrogens is 1. The molecule has 2 aromatic heterocycles. The number of nitrogens with two attached hydrogens (primary N) is 2. The van der Waals surface area contributed by atoms with Gasteiger partial charge in [0.25, 0.3) is 10.0 Å². The average molecular weight is 444 g/mol. The molecule has 2 aliphatic rings. The van der Waals surface area contributed by atoms with Crippen molar-refractivity contribution in [3.63, 3.8) is 0 Å². The van der Waals surface area contributed by atoms with E-state index in [0.717, 1.165) is 11.1 Å². The minimum atomic E-state index is -3.66. The summed E-state index contributed by atoms with van der Waals surface area (Å²) in [5, 5.41) is 10.2. The number of anilines is 1. The Balaban J connectivity index is 1.53. The molecule has 9 nitrogen and oxygen atoms in total. The smallest absolute Gasteiger partial charge is 0.265 e. The topological polar surface area (TPSA) is 134 Å². The number of rotatable bonds is 3. The second kappa shape index (κ2) is 7.11. The van der Waals surface area contributed by atoms with Crippen LogP contribution in [0.2, 0.25) is 0 Å². The van der Waals surface area contributed by atoms with Gasteiger partial charge >= 0.3 is 0 Å². The van der Waals surface area contributed by atoms with Gasteiger partial charge in [-0.15, -0.1) is 0 Å². The second-order valence-electron chi connectivity index (χ2n) is 7.31. The van der Waals surface area contributed by atoms with Crippen LogP contribution in [0.15, 0.2) is 57.2 Å². The maximum atomic E-state index is 13.3. The van der Waals surface area contributed by atoms with Crippen LogP contribution in [0, 0.1) is 0 Å². The summed E-state index contributed by atoms with van der Waals surface area (Å²) < 4.78 is 28.2. The first kappa shape index (κ1) is 19.1. The van der Waals surface area contributed by atoms with Gasteiger partial charge in [0.1, 0.15) is 6.17 Å². The lowest BCUT2D eigenvalue weighted by atomic mass is 10.0. The summed E-state index contributed by atoms with van der Waals surface area (Å²) >= 11 is 1.36. The summed E-state index contributed by atoms with van der Waals surface area (Å²) in [6, 6.07) is 9.10. The van der Waals surface area contributed by atoms with Crippen molar-refractivity contribution in [3.8, 4) is 0 Å². The molecule has 0 spiro atoms. The molecule has 0 radical (unpaired) electrons. The lowest BCUT2D eigenvalue weighted by Crippen LogP contribution is -2.52. The van der Waals surface area contributed by atoms with Crippen LogP contribution in [0.5, 0.6) is 0 Å². The number of guanidine groups is 1. The largest absolute Gasteiger partial charge is 0.369 e. The number of sulfonamides is 1. The van der Waals surface area contributed by atoms with Crippen LogP contribution >= 0.6 is 11.3 Å². The fourth-order valence-corrected chi connectivity index (χ4v) is 6.69. The molecule has 0 aliphatic carbocycles. The molecule has 11 heteroatoms. The lowest BCUT2D eigenvalue weighted by Gasteiger charge is -2.38. The van der Waals surface area contributed by atoms with Gasteiger partial charge in [-0.3, -0.25) is 9.40 Å². The Kier molecular flexibility index (Phi) is 4.53. The molecule has 0 amide bonds. The molecular formula is C19H21N7O2S2. The van der Waals surface area contributed by atoms with Gasteiger partial charge in [-0.2, -0.15) is 21.4 Å². The molecule has 0 fully saturated rings. The molecular weight excluding hydrogens is 422 g/mol. The van der Waals surface area contributed by atoms with Gasteiger partial charge in [-0.1, -0.05) is 18.2 Å². The number of fused-ring (bicyclic) bond motifs is 2. The van der Waals surface area contributed by atoms with Crippen LogP contribution in [-0.2, 0) is 16.4 Å². The Labute approximate surface area is 178 Å². The highest BCUT2D eigenvalue weighted by molar-refractivity contribution is 7.93. The molecule has 0 saturated heterocycles. The van der Waals surface area contributed by atoms with Gasteiger partial charge in [-0.05, 0) is 35.9 Å². The van der Waals surface area contributed by atoms with Gasteiger partial charge < -0.3 is 16.4 Å². The summed E-state index contributed by atoms with van der Waals surface area (Å²) in [5.41, 5.74) is 15.1. The third-order valence-electron chi connectivity index (χ3n) is 5.61. The second-order valence-corrected chi connectivity index (χ2v) is 9.95. The zero-order valence-corrected chi connectivity index (χ0v) is 17.6. The summed E-state index contributed by atoms with van der Waals surface area (Å²) in [6.45, 7) is 0.314. The maximum absolute atomic E-state index is 13.3. The molecule has 0 saturated carbocycles. The highest BCUT2D eigenvalue weighted by atomic mass is 32.2. The molecule has 5 N–H and O–H groups in total. The Morgan fingerprint density at radius 1 is 1.23 bits per heavy atom. The third kappa shape index (κ3) is 2.97. The van der Waals surface area contributed by atoms with Crippen molar-refractivity contribution in [1.29, 1.82) is 0 Å². The molecule has 3 aromatic rings. The SMILES string of the molecule is NC1=Nc2[nH]ncc2C(N)N1C1CCN(S(=O)(=O)c2ccsc2)c2ccccc2C1. The standard InChI is InChI=1S/C19H21N7O2S2/c20-17-15-10-22-24-18(15)23-19(21)26(17)13-5-7-25(16-4-2-1-3-12(16)9-13)30(27,28)14-6-8-29-11-14/h1-4,6,8,10-11,13,17H,5,7,9,20H2,(H3,21,22,23,24). The van der Waals surface area contributed by atoms with Crippen molar-refractivity contribution in [2.75, 3.05) is 10.8 Å². The molecule has 156 valence electrons. The number of aromatic nitrogens is 2. The summed E-state index contributed by atoms with van der Waals surface area (Å²) in [4.78, 5) is 6.58. The van der Waals surface area contributed by atoms with Gasteiger partial charge in [0, 0.05) is 18.0 Å². The van der Waals surface area contributed by atoms with Crippen molar-refractivity contribution < 1.29 is 8.42 Å². The normalized spacial score (nSPS) is 21.6. The van der Waals surface area contributed by atoms with Crippen molar-refractivity contribution in [3.05, 3.63) is 58.4 Å². The zero-order valence-electron chi connectivity index (χ0n) is 16.0. The molecule has 5 rings (SSSR count). The van der Waals surface area contributed by atoms with E-state index in [1.807, 2.05) is 29.2 Å². The highest BCUT2D eigenvalue weighted by Crippen LogP contribution is 2.36. The van der Waals surface area contributed by atoms with Gasteiger partial charge in [0.2, 0.25) is 0 Å². The van der Waals surface area contributed by atoms with E-state index in [1.165, 1.54) is 15.6 Å². The van der Waals surface area contributed by atoms with E-state index in [2.05, 4.69) is 15.2 Å².